The molecule has 0 amide bonds. The Morgan fingerprint density at radius 3 is 2.20 bits per heavy atom. The van der Waals surface area contributed by atoms with E-state index >= 15 is 0 Å². The van der Waals surface area contributed by atoms with Crippen LogP contribution in [0.2, 0.25) is 0 Å². The Morgan fingerprint density at radius 2 is 1.80 bits per heavy atom. The molecule has 0 heterocycles. The van der Waals surface area contributed by atoms with Crippen molar-refractivity contribution in [1.82, 2.24) is 0 Å². The Bertz CT molecular complexity index is 203. The molecule has 54 valence electrons. The molecular formula is C8H10FP. The highest BCUT2D eigenvalue weighted by Crippen LogP contribution is 2.23. The standard InChI is InChI=1S/C8H10FP/c1-6-2-4-7(5-3-6)8(9)10/h2-5,8H,10H2,1H3. The molecule has 0 nitrogen and oxygen atoms in total. The molecule has 10 heavy (non-hydrogen) atoms. The molecule has 0 aromatic heterocycles. The van der Waals surface area contributed by atoms with E-state index in [2.05, 4.69) is 9.24 Å². The average molecular weight is 156 g/mol. The fourth-order valence-corrected chi connectivity index (χ4v) is 0.973. The van der Waals surface area contributed by atoms with Gasteiger partial charge in [-0.15, -0.1) is 0 Å². The van der Waals surface area contributed by atoms with Crippen molar-refractivity contribution in [3.8, 4) is 0 Å². The Morgan fingerprint density at radius 1 is 1.30 bits per heavy atom. The predicted octanol–water partition coefficient (Wildman–Crippen LogP) is 2.84. The fraction of sp³-hybridized carbons (Fsp3) is 0.250. The van der Waals surface area contributed by atoms with Crippen LogP contribution < -0.4 is 0 Å². The summed E-state index contributed by atoms with van der Waals surface area (Å²) in [5.74, 6) is -0.930. The zero-order valence-corrected chi connectivity index (χ0v) is 7.00. The van der Waals surface area contributed by atoms with E-state index in [9.17, 15) is 4.39 Å². The molecule has 2 atom stereocenters. The van der Waals surface area contributed by atoms with Crippen molar-refractivity contribution >= 4 is 9.24 Å². The molecule has 1 aromatic rings. The highest BCUT2D eigenvalue weighted by atomic mass is 31.0. The van der Waals surface area contributed by atoms with Crippen LogP contribution in [0, 0.1) is 6.92 Å². The lowest BCUT2D eigenvalue weighted by molar-refractivity contribution is 0.469. The fourth-order valence-electron chi connectivity index (χ4n) is 0.750. The lowest BCUT2D eigenvalue weighted by atomic mass is 10.2. The van der Waals surface area contributed by atoms with Gasteiger partial charge in [-0.05, 0) is 12.5 Å². The minimum atomic E-state index is -0.930. The second-order valence-electron chi connectivity index (χ2n) is 2.31. The molecule has 0 radical (unpaired) electrons. The molecule has 0 saturated carbocycles. The van der Waals surface area contributed by atoms with Crippen molar-refractivity contribution in [3.05, 3.63) is 35.4 Å². The zero-order chi connectivity index (χ0) is 7.56. The van der Waals surface area contributed by atoms with E-state index < -0.39 is 5.91 Å². The third-order valence-electron chi connectivity index (χ3n) is 1.40. The molecular weight excluding hydrogens is 146 g/mol. The van der Waals surface area contributed by atoms with Crippen molar-refractivity contribution in [2.75, 3.05) is 0 Å². The molecule has 0 aliphatic heterocycles. The Labute approximate surface area is 62.7 Å². The van der Waals surface area contributed by atoms with E-state index in [-0.39, 0.29) is 0 Å². The number of alkyl halides is 1. The number of benzene rings is 1. The summed E-state index contributed by atoms with van der Waals surface area (Å²) in [6.07, 6.45) is 0. The first-order chi connectivity index (χ1) is 4.70. The van der Waals surface area contributed by atoms with Gasteiger partial charge in [0.25, 0.3) is 0 Å². The maximum Gasteiger partial charge on any atom is 0.138 e. The van der Waals surface area contributed by atoms with Crippen LogP contribution in [0.3, 0.4) is 0 Å². The summed E-state index contributed by atoms with van der Waals surface area (Å²) in [7, 11) is 2.12. The summed E-state index contributed by atoms with van der Waals surface area (Å²) in [6.45, 7) is 1.99. The first-order valence-electron chi connectivity index (χ1n) is 3.16. The first kappa shape index (κ1) is 7.68. The molecule has 0 spiro atoms. The van der Waals surface area contributed by atoms with Gasteiger partial charge in [0.15, 0.2) is 0 Å². The van der Waals surface area contributed by atoms with E-state index in [0.29, 0.717) is 0 Å². The molecule has 0 N–H and O–H groups in total. The van der Waals surface area contributed by atoms with Gasteiger partial charge in [-0.1, -0.05) is 39.1 Å². The highest BCUT2D eigenvalue weighted by Gasteiger charge is 1.99. The molecule has 0 saturated heterocycles. The van der Waals surface area contributed by atoms with Crippen LogP contribution in [0.25, 0.3) is 0 Å². The third-order valence-corrected chi connectivity index (χ3v) is 1.78. The average Bonchev–Trinajstić information content (AvgIpc) is 1.88. The van der Waals surface area contributed by atoms with Gasteiger partial charge < -0.3 is 0 Å². The summed E-state index contributed by atoms with van der Waals surface area (Å²) in [6, 6.07) is 7.41. The smallest absolute Gasteiger partial charge is 0.138 e. The van der Waals surface area contributed by atoms with Gasteiger partial charge in [-0.3, -0.25) is 0 Å². The van der Waals surface area contributed by atoms with E-state index in [1.165, 1.54) is 0 Å². The van der Waals surface area contributed by atoms with Crippen molar-refractivity contribution in [2.45, 2.75) is 12.8 Å². The Kier molecular flexibility index (Phi) is 2.39. The summed E-state index contributed by atoms with van der Waals surface area (Å²) in [5, 5.41) is 0. The van der Waals surface area contributed by atoms with Gasteiger partial charge in [0.1, 0.15) is 5.91 Å². The quantitative estimate of drug-likeness (QED) is 0.548. The molecule has 0 fully saturated rings. The third kappa shape index (κ3) is 1.78. The molecule has 0 aliphatic carbocycles. The normalized spacial score (nSPS) is 13.1. The van der Waals surface area contributed by atoms with E-state index in [1.54, 1.807) is 12.1 Å². The summed E-state index contributed by atoms with van der Waals surface area (Å²) in [4.78, 5) is 0. The molecule has 2 heteroatoms. The van der Waals surface area contributed by atoms with Crippen LogP contribution in [-0.4, -0.2) is 0 Å². The van der Waals surface area contributed by atoms with Gasteiger partial charge in [0.05, 0.1) is 0 Å². The van der Waals surface area contributed by atoms with Gasteiger partial charge in [-0.25, -0.2) is 4.39 Å². The molecule has 1 rings (SSSR count). The van der Waals surface area contributed by atoms with Crippen molar-refractivity contribution in [1.29, 1.82) is 0 Å². The number of halogens is 1. The van der Waals surface area contributed by atoms with Crippen molar-refractivity contribution in [2.24, 2.45) is 0 Å². The molecule has 0 bridgehead atoms. The molecule has 1 aromatic carbocycles. The maximum absolute atomic E-state index is 12.5. The molecule has 2 unspecified atom stereocenters. The maximum atomic E-state index is 12.5. The van der Waals surface area contributed by atoms with Crippen LogP contribution in [0.4, 0.5) is 4.39 Å². The highest BCUT2D eigenvalue weighted by molar-refractivity contribution is 7.16. The van der Waals surface area contributed by atoms with E-state index in [1.807, 2.05) is 19.1 Å². The van der Waals surface area contributed by atoms with Gasteiger partial charge in [0, 0.05) is 0 Å². The second kappa shape index (κ2) is 3.12. The predicted molar refractivity (Wildman–Crippen MR) is 44.7 cm³/mol. The van der Waals surface area contributed by atoms with Crippen molar-refractivity contribution in [3.63, 3.8) is 0 Å². The molecule has 0 aliphatic rings. The van der Waals surface area contributed by atoms with Gasteiger partial charge in [0.2, 0.25) is 0 Å². The summed E-state index contributed by atoms with van der Waals surface area (Å²) in [5.41, 5.74) is 1.88. The Hall–Kier alpha value is -0.420. The van der Waals surface area contributed by atoms with E-state index in [4.69, 9.17) is 0 Å². The van der Waals surface area contributed by atoms with Gasteiger partial charge in [-0.2, -0.15) is 0 Å². The van der Waals surface area contributed by atoms with E-state index in [0.717, 1.165) is 11.1 Å². The minimum absolute atomic E-state index is 0.718. The summed E-state index contributed by atoms with van der Waals surface area (Å²) >= 11 is 0. The number of aryl methyl sites for hydroxylation is 1. The zero-order valence-electron chi connectivity index (χ0n) is 5.84. The van der Waals surface area contributed by atoms with Crippen LogP contribution in [0.5, 0.6) is 0 Å². The summed E-state index contributed by atoms with van der Waals surface area (Å²) < 4.78 is 12.5. The van der Waals surface area contributed by atoms with Crippen LogP contribution >= 0.6 is 9.24 Å². The van der Waals surface area contributed by atoms with Crippen molar-refractivity contribution < 1.29 is 4.39 Å². The monoisotopic (exact) mass is 156 g/mol. The minimum Gasteiger partial charge on any atom is -0.238 e. The Balaban J connectivity index is 2.89. The number of rotatable bonds is 1. The largest absolute Gasteiger partial charge is 0.238 e. The van der Waals surface area contributed by atoms with Gasteiger partial charge >= 0.3 is 0 Å². The number of hydrogen-bond acceptors (Lipinski definition) is 0. The second-order valence-corrected chi connectivity index (χ2v) is 2.90. The number of hydrogen-bond donors (Lipinski definition) is 0. The lowest BCUT2D eigenvalue weighted by Crippen LogP contribution is -1.80. The van der Waals surface area contributed by atoms with Crippen LogP contribution in [0.1, 0.15) is 17.0 Å². The topological polar surface area (TPSA) is 0 Å². The van der Waals surface area contributed by atoms with Crippen LogP contribution in [0.15, 0.2) is 24.3 Å². The van der Waals surface area contributed by atoms with Crippen LogP contribution in [-0.2, 0) is 0 Å². The first-order valence-corrected chi connectivity index (χ1v) is 3.83. The lowest BCUT2D eigenvalue weighted by Gasteiger charge is -2.00. The SMILES string of the molecule is Cc1ccc(C(F)P)cc1.